The summed E-state index contributed by atoms with van der Waals surface area (Å²) in [5, 5.41) is 7.24. The molecule has 1 aromatic heterocycles. The number of benzene rings is 1. The van der Waals surface area contributed by atoms with Crippen LogP contribution in [0.15, 0.2) is 34.9 Å². The van der Waals surface area contributed by atoms with Gasteiger partial charge in [0.2, 0.25) is 0 Å². The highest BCUT2D eigenvalue weighted by Gasteiger charge is 2.11. The molecule has 0 atom stereocenters. The highest BCUT2D eigenvalue weighted by molar-refractivity contribution is 6.31. The van der Waals surface area contributed by atoms with Crippen LogP contribution in [0.3, 0.4) is 0 Å². The molecule has 2 amide bonds. The van der Waals surface area contributed by atoms with Crippen LogP contribution in [-0.4, -0.2) is 23.1 Å². The van der Waals surface area contributed by atoms with E-state index in [0.717, 1.165) is 11.3 Å². The summed E-state index contributed by atoms with van der Waals surface area (Å²) in [5.41, 5.74) is 1.60. The van der Waals surface area contributed by atoms with Crippen LogP contribution in [0.25, 0.3) is 0 Å². The first-order chi connectivity index (χ1) is 9.56. The van der Waals surface area contributed by atoms with E-state index >= 15 is 0 Å². The molecule has 0 fully saturated rings. The number of carbonyl (C=O) groups excluding carboxylic acids is 1. The topological polar surface area (TPSA) is 58.4 Å². The molecule has 6 heteroatoms. The lowest BCUT2D eigenvalue weighted by Gasteiger charge is -2.18. The summed E-state index contributed by atoms with van der Waals surface area (Å²) in [6, 6.07) is 9.05. The third kappa shape index (κ3) is 3.74. The predicted molar refractivity (Wildman–Crippen MR) is 76.4 cm³/mol. The van der Waals surface area contributed by atoms with Crippen LogP contribution in [0.2, 0.25) is 5.02 Å². The minimum Gasteiger partial charge on any atom is -0.361 e. The summed E-state index contributed by atoms with van der Waals surface area (Å²) in [4.78, 5) is 13.5. The molecule has 5 nitrogen and oxygen atoms in total. The van der Waals surface area contributed by atoms with Crippen molar-refractivity contribution in [3.8, 4) is 0 Å². The van der Waals surface area contributed by atoms with Crippen molar-refractivity contribution in [2.45, 2.75) is 20.0 Å². The Hall–Kier alpha value is -2.01. The van der Waals surface area contributed by atoms with E-state index in [9.17, 15) is 4.79 Å². The zero-order valence-corrected chi connectivity index (χ0v) is 12.1. The Morgan fingerprint density at radius 3 is 2.85 bits per heavy atom. The van der Waals surface area contributed by atoms with Crippen LogP contribution in [0, 0.1) is 6.92 Å². The van der Waals surface area contributed by atoms with E-state index in [2.05, 4.69) is 10.5 Å². The van der Waals surface area contributed by atoms with Crippen LogP contribution >= 0.6 is 11.6 Å². The van der Waals surface area contributed by atoms with E-state index in [-0.39, 0.29) is 6.03 Å². The highest BCUT2D eigenvalue weighted by atomic mass is 35.5. The average Bonchev–Trinajstić information content (AvgIpc) is 2.84. The summed E-state index contributed by atoms with van der Waals surface area (Å²) in [6.45, 7) is 2.59. The van der Waals surface area contributed by atoms with Gasteiger partial charge in [-0.1, -0.05) is 35.0 Å². The minimum absolute atomic E-state index is 0.189. The van der Waals surface area contributed by atoms with E-state index in [4.69, 9.17) is 16.1 Å². The second-order valence-electron chi connectivity index (χ2n) is 4.54. The summed E-state index contributed by atoms with van der Waals surface area (Å²) in [7, 11) is 1.71. The maximum Gasteiger partial charge on any atom is 0.317 e. The molecule has 0 aliphatic heterocycles. The fourth-order valence-corrected chi connectivity index (χ4v) is 1.95. The van der Waals surface area contributed by atoms with Crippen molar-refractivity contribution in [2.24, 2.45) is 0 Å². The molecule has 1 heterocycles. The number of nitrogens with zero attached hydrogens (tertiary/aromatic N) is 2. The highest BCUT2D eigenvalue weighted by Crippen LogP contribution is 2.16. The Bertz CT molecular complexity index is 598. The number of hydrogen-bond donors (Lipinski definition) is 1. The molecule has 0 saturated carbocycles. The molecule has 0 saturated heterocycles. The van der Waals surface area contributed by atoms with Crippen molar-refractivity contribution in [1.29, 1.82) is 0 Å². The van der Waals surface area contributed by atoms with Gasteiger partial charge >= 0.3 is 6.03 Å². The summed E-state index contributed by atoms with van der Waals surface area (Å²) in [6.07, 6.45) is 0. The molecular weight excluding hydrogens is 278 g/mol. The lowest BCUT2D eigenvalue weighted by Crippen LogP contribution is -2.36. The molecular formula is C14H16ClN3O2. The number of aryl methyl sites for hydroxylation is 1. The van der Waals surface area contributed by atoms with E-state index in [1.165, 1.54) is 0 Å². The Morgan fingerprint density at radius 1 is 1.45 bits per heavy atom. The van der Waals surface area contributed by atoms with Crippen molar-refractivity contribution in [3.05, 3.63) is 52.4 Å². The lowest BCUT2D eigenvalue weighted by atomic mass is 10.2. The molecule has 0 aliphatic rings. The number of nitrogens with one attached hydrogen (secondary N) is 1. The van der Waals surface area contributed by atoms with E-state index < -0.39 is 0 Å². The van der Waals surface area contributed by atoms with Crippen LogP contribution in [0.1, 0.15) is 17.0 Å². The first-order valence-corrected chi connectivity index (χ1v) is 6.58. The maximum absolute atomic E-state index is 12.0. The Labute approximate surface area is 122 Å². The van der Waals surface area contributed by atoms with Gasteiger partial charge in [0.15, 0.2) is 0 Å². The Balaban J connectivity index is 1.87. The third-order valence-corrected chi connectivity index (χ3v) is 3.18. The molecule has 0 radical (unpaired) electrons. The van der Waals surface area contributed by atoms with Gasteiger partial charge in [-0.2, -0.15) is 0 Å². The summed E-state index contributed by atoms with van der Waals surface area (Å²) in [5.74, 6) is 0.721. The van der Waals surface area contributed by atoms with Crippen LogP contribution in [0.5, 0.6) is 0 Å². The number of rotatable bonds is 4. The van der Waals surface area contributed by atoms with Crippen molar-refractivity contribution in [2.75, 3.05) is 7.05 Å². The molecule has 0 spiro atoms. The molecule has 2 rings (SSSR count). The molecule has 1 aromatic carbocycles. The predicted octanol–water partition coefficient (Wildman–Crippen LogP) is 2.98. The zero-order chi connectivity index (χ0) is 14.5. The Morgan fingerprint density at radius 2 is 2.20 bits per heavy atom. The number of urea groups is 1. The van der Waals surface area contributed by atoms with Gasteiger partial charge in [-0.15, -0.1) is 0 Å². The minimum atomic E-state index is -0.189. The van der Waals surface area contributed by atoms with Gasteiger partial charge < -0.3 is 14.7 Å². The maximum atomic E-state index is 12.0. The van der Waals surface area contributed by atoms with Gasteiger partial charge in [-0.3, -0.25) is 0 Å². The van der Waals surface area contributed by atoms with Crippen molar-refractivity contribution < 1.29 is 9.32 Å². The van der Waals surface area contributed by atoms with Gasteiger partial charge in [0, 0.05) is 24.7 Å². The Kier molecular flexibility index (Phi) is 4.63. The monoisotopic (exact) mass is 293 g/mol. The fourth-order valence-electron chi connectivity index (χ4n) is 1.76. The molecule has 1 N–H and O–H groups in total. The first-order valence-electron chi connectivity index (χ1n) is 6.21. The first kappa shape index (κ1) is 14.4. The number of amides is 2. The second kappa shape index (κ2) is 6.43. The summed E-state index contributed by atoms with van der Waals surface area (Å²) < 4.78 is 4.94. The molecule has 2 aromatic rings. The standard InChI is InChI=1S/C14H16ClN3O2/c1-10-7-12(17-20-10)8-16-14(19)18(2)9-11-5-3-4-6-13(11)15/h3-7H,8-9H2,1-2H3,(H,16,19). The van der Waals surface area contributed by atoms with Crippen LogP contribution < -0.4 is 5.32 Å². The summed E-state index contributed by atoms with van der Waals surface area (Å²) >= 11 is 6.07. The zero-order valence-electron chi connectivity index (χ0n) is 11.4. The van der Waals surface area contributed by atoms with Crippen LogP contribution in [-0.2, 0) is 13.1 Å². The van der Waals surface area contributed by atoms with E-state index in [0.29, 0.717) is 23.8 Å². The number of halogens is 1. The largest absolute Gasteiger partial charge is 0.361 e. The van der Waals surface area contributed by atoms with Crippen LogP contribution in [0.4, 0.5) is 4.79 Å². The molecule has 0 aliphatic carbocycles. The SMILES string of the molecule is Cc1cc(CNC(=O)N(C)Cc2ccccc2Cl)no1. The average molecular weight is 294 g/mol. The van der Waals surface area contributed by atoms with Crippen molar-refractivity contribution in [1.82, 2.24) is 15.4 Å². The molecule has 0 bridgehead atoms. The van der Waals surface area contributed by atoms with Crippen molar-refractivity contribution >= 4 is 17.6 Å². The normalized spacial score (nSPS) is 10.3. The van der Waals surface area contributed by atoms with Gasteiger partial charge in [0.05, 0.1) is 6.54 Å². The quantitative estimate of drug-likeness (QED) is 0.943. The van der Waals surface area contributed by atoms with Gasteiger partial charge in [0.25, 0.3) is 0 Å². The lowest BCUT2D eigenvalue weighted by molar-refractivity contribution is 0.206. The molecule has 20 heavy (non-hydrogen) atoms. The van der Waals surface area contributed by atoms with Crippen molar-refractivity contribution in [3.63, 3.8) is 0 Å². The fraction of sp³-hybridized carbons (Fsp3) is 0.286. The van der Waals surface area contributed by atoms with E-state index in [1.807, 2.05) is 25.1 Å². The van der Waals surface area contributed by atoms with Gasteiger partial charge in [-0.05, 0) is 18.6 Å². The number of hydrogen-bond acceptors (Lipinski definition) is 3. The number of aromatic nitrogens is 1. The number of carbonyl (C=O) groups is 1. The van der Waals surface area contributed by atoms with E-state index in [1.54, 1.807) is 24.1 Å². The van der Waals surface area contributed by atoms with Gasteiger partial charge in [0.1, 0.15) is 11.5 Å². The smallest absolute Gasteiger partial charge is 0.317 e. The molecule has 0 unspecified atom stereocenters. The second-order valence-corrected chi connectivity index (χ2v) is 4.94. The molecule has 106 valence electrons. The third-order valence-electron chi connectivity index (χ3n) is 2.81. The van der Waals surface area contributed by atoms with Gasteiger partial charge in [-0.25, -0.2) is 4.79 Å².